The predicted octanol–water partition coefficient (Wildman–Crippen LogP) is 2.33. The van der Waals surface area contributed by atoms with Crippen LogP contribution in [0.1, 0.15) is 60.3 Å². The number of carbonyl (C=O) groups is 2. The minimum atomic E-state index is -0.773. The number of nitrogens with one attached hydrogen (secondary N) is 1. The van der Waals surface area contributed by atoms with Gasteiger partial charge in [0.1, 0.15) is 11.6 Å². The summed E-state index contributed by atoms with van der Waals surface area (Å²) in [6.45, 7) is 9.84. The summed E-state index contributed by atoms with van der Waals surface area (Å²) in [5, 5.41) is 2.98. The van der Waals surface area contributed by atoms with Crippen molar-refractivity contribution in [3.63, 3.8) is 0 Å². The number of terminal acetylenes is 1. The molecule has 0 aromatic heterocycles. The molecular weight excluding hydrogens is 264 g/mol. The zero-order valence-electron chi connectivity index (χ0n) is 13.9. The van der Waals surface area contributed by atoms with Crippen molar-refractivity contribution in [2.45, 2.75) is 77.9 Å². The number of nitrogens with zero attached hydrogens (tertiary/aromatic N) is 1. The minimum absolute atomic E-state index is 0.0212. The maximum absolute atomic E-state index is 13.1. The molecule has 4 heteroatoms. The molecule has 0 aromatic carbocycles. The van der Waals surface area contributed by atoms with Crippen LogP contribution in [0.15, 0.2) is 0 Å². The molecule has 118 valence electrons. The Balaban J connectivity index is 3.30. The molecule has 0 aliphatic carbocycles. The Labute approximate surface area is 128 Å². The molecule has 2 unspecified atom stereocenters. The van der Waals surface area contributed by atoms with Gasteiger partial charge in [0.05, 0.1) is 0 Å². The van der Waals surface area contributed by atoms with E-state index in [9.17, 15) is 9.59 Å². The van der Waals surface area contributed by atoms with Crippen LogP contribution in [0.25, 0.3) is 0 Å². The van der Waals surface area contributed by atoms with Gasteiger partial charge in [-0.25, -0.2) is 0 Å². The molecule has 1 saturated heterocycles. The van der Waals surface area contributed by atoms with Crippen LogP contribution in [0.2, 0.25) is 0 Å². The molecule has 1 fully saturated rings. The number of piperazine rings is 1. The molecule has 1 aliphatic heterocycles. The molecule has 1 aliphatic rings. The first-order valence-electron chi connectivity index (χ1n) is 7.96. The van der Waals surface area contributed by atoms with Crippen molar-refractivity contribution in [1.29, 1.82) is 0 Å². The molecule has 1 rings (SSSR count). The Morgan fingerprint density at radius 3 is 2.24 bits per heavy atom. The summed E-state index contributed by atoms with van der Waals surface area (Å²) in [5.41, 5.74) is -0.773. The van der Waals surface area contributed by atoms with Gasteiger partial charge in [0.2, 0.25) is 11.8 Å². The normalized spacial score (nSPS) is 22.9. The van der Waals surface area contributed by atoms with E-state index in [0.29, 0.717) is 19.3 Å². The molecule has 2 atom stereocenters. The third-order valence-corrected chi connectivity index (χ3v) is 4.63. The summed E-state index contributed by atoms with van der Waals surface area (Å²) < 4.78 is 0. The number of hydrogen-bond acceptors (Lipinski definition) is 2. The Kier molecular flexibility index (Phi) is 5.83. The van der Waals surface area contributed by atoms with Gasteiger partial charge in [-0.1, -0.05) is 34.6 Å². The number of carbonyl (C=O) groups excluding carboxylic acids is 2. The minimum Gasteiger partial charge on any atom is -0.340 e. The second-order valence-corrected chi connectivity index (χ2v) is 6.15. The van der Waals surface area contributed by atoms with Crippen molar-refractivity contribution in [2.24, 2.45) is 5.92 Å². The number of hydrogen-bond donors (Lipinski definition) is 1. The monoisotopic (exact) mass is 292 g/mol. The molecule has 0 saturated carbocycles. The summed E-state index contributed by atoms with van der Waals surface area (Å²) in [6.07, 6.45) is 7.90. The van der Waals surface area contributed by atoms with E-state index in [4.69, 9.17) is 6.42 Å². The van der Waals surface area contributed by atoms with E-state index in [2.05, 4.69) is 11.2 Å². The Morgan fingerprint density at radius 2 is 1.86 bits per heavy atom. The third-order valence-electron chi connectivity index (χ3n) is 4.63. The van der Waals surface area contributed by atoms with Gasteiger partial charge in [0.15, 0.2) is 0 Å². The van der Waals surface area contributed by atoms with E-state index in [1.165, 1.54) is 0 Å². The molecule has 21 heavy (non-hydrogen) atoms. The highest BCUT2D eigenvalue weighted by Crippen LogP contribution is 2.30. The topological polar surface area (TPSA) is 49.4 Å². The Hall–Kier alpha value is -1.50. The lowest BCUT2D eigenvalue weighted by atomic mass is 9.83. The fraction of sp³-hybridized carbons (Fsp3) is 0.765. The fourth-order valence-corrected chi connectivity index (χ4v) is 3.18. The maximum Gasteiger partial charge on any atom is 0.249 e. The molecule has 0 spiro atoms. The van der Waals surface area contributed by atoms with Gasteiger partial charge in [-0.2, -0.15) is 0 Å². The van der Waals surface area contributed by atoms with E-state index in [1.54, 1.807) is 4.90 Å². The summed E-state index contributed by atoms with van der Waals surface area (Å²) in [5.74, 6) is 2.68. The molecule has 2 amide bonds. The van der Waals surface area contributed by atoms with Crippen molar-refractivity contribution in [2.75, 3.05) is 0 Å². The Bertz CT molecular complexity index is 433. The van der Waals surface area contributed by atoms with E-state index < -0.39 is 11.6 Å². The van der Waals surface area contributed by atoms with Crippen molar-refractivity contribution < 1.29 is 9.59 Å². The second-order valence-electron chi connectivity index (χ2n) is 6.15. The van der Waals surface area contributed by atoms with Gasteiger partial charge in [-0.3, -0.25) is 9.59 Å². The Morgan fingerprint density at radius 1 is 1.29 bits per heavy atom. The van der Waals surface area contributed by atoms with Crippen molar-refractivity contribution in [3.8, 4) is 12.3 Å². The van der Waals surface area contributed by atoms with Crippen LogP contribution >= 0.6 is 0 Å². The van der Waals surface area contributed by atoms with Crippen LogP contribution in [-0.4, -0.2) is 34.3 Å². The van der Waals surface area contributed by atoms with Crippen molar-refractivity contribution in [3.05, 3.63) is 0 Å². The van der Waals surface area contributed by atoms with Crippen LogP contribution in [0.3, 0.4) is 0 Å². The van der Waals surface area contributed by atoms with Crippen LogP contribution < -0.4 is 5.32 Å². The molecule has 4 nitrogen and oxygen atoms in total. The SMILES string of the molecule is C#CCC(CC)N1C(=O)C(CC)(CC)NC(=O)C1C(C)C. The first-order chi connectivity index (χ1) is 9.88. The van der Waals surface area contributed by atoms with Gasteiger partial charge in [0, 0.05) is 12.5 Å². The van der Waals surface area contributed by atoms with Gasteiger partial charge < -0.3 is 10.2 Å². The van der Waals surface area contributed by atoms with Gasteiger partial charge >= 0.3 is 0 Å². The summed E-state index contributed by atoms with van der Waals surface area (Å²) >= 11 is 0. The average Bonchev–Trinajstić information content (AvgIpc) is 2.46. The highest BCUT2D eigenvalue weighted by molar-refractivity contribution is 6.00. The largest absolute Gasteiger partial charge is 0.340 e. The highest BCUT2D eigenvalue weighted by atomic mass is 16.2. The third kappa shape index (κ3) is 3.07. The van der Waals surface area contributed by atoms with Crippen molar-refractivity contribution >= 4 is 11.8 Å². The van der Waals surface area contributed by atoms with Gasteiger partial charge in [0.25, 0.3) is 0 Å². The van der Waals surface area contributed by atoms with Crippen molar-refractivity contribution in [1.82, 2.24) is 10.2 Å². The summed E-state index contributed by atoms with van der Waals surface area (Å²) in [7, 11) is 0. The first-order valence-corrected chi connectivity index (χ1v) is 7.96. The lowest BCUT2D eigenvalue weighted by molar-refractivity contribution is -0.160. The average molecular weight is 292 g/mol. The summed E-state index contributed by atoms with van der Waals surface area (Å²) in [4.78, 5) is 27.5. The molecule has 0 aromatic rings. The standard InChI is InChI=1S/C17H28N2O2/c1-7-11-13(8-2)19-14(12(5)6)15(20)18-17(9-3,10-4)16(19)21/h1,12-14H,8-11H2,2-6H3,(H,18,20). The zero-order valence-corrected chi connectivity index (χ0v) is 13.9. The highest BCUT2D eigenvalue weighted by Gasteiger charge is 2.51. The molecule has 0 bridgehead atoms. The van der Waals surface area contributed by atoms with Gasteiger partial charge in [-0.15, -0.1) is 12.3 Å². The van der Waals surface area contributed by atoms with E-state index in [-0.39, 0.29) is 23.8 Å². The molecule has 1 heterocycles. The predicted molar refractivity (Wildman–Crippen MR) is 84.5 cm³/mol. The maximum atomic E-state index is 13.1. The number of rotatable bonds is 6. The van der Waals surface area contributed by atoms with Crippen LogP contribution in [0.4, 0.5) is 0 Å². The summed E-state index contributed by atoms with van der Waals surface area (Å²) in [6, 6.07) is -0.500. The fourth-order valence-electron chi connectivity index (χ4n) is 3.18. The number of amides is 2. The second kappa shape index (κ2) is 6.98. The van der Waals surface area contributed by atoms with Gasteiger partial charge in [-0.05, 0) is 25.2 Å². The van der Waals surface area contributed by atoms with E-state index >= 15 is 0 Å². The van der Waals surface area contributed by atoms with Crippen LogP contribution in [0, 0.1) is 18.3 Å². The zero-order chi connectivity index (χ0) is 16.2. The van der Waals surface area contributed by atoms with E-state index in [0.717, 1.165) is 6.42 Å². The molecule has 0 radical (unpaired) electrons. The molecular formula is C17H28N2O2. The smallest absolute Gasteiger partial charge is 0.249 e. The van der Waals surface area contributed by atoms with E-state index in [1.807, 2.05) is 34.6 Å². The van der Waals surface area contributed by atoms with Crippen LogP contribution in [-0.2, 0) is 9.59 Å². The quantitative estimate of drug-likeness (QED) is 0.764. The first kappa shape index (κ1) is 17.6. The van der Waals surface area contributed by atoms with Crippen LogP contribution in [0.5, 0.6) is 0 Å². The molecule has 1 N–H and O–H groups in total. The lowest BCUT2D eigenvalue weighted by Gasteiger charge is -2.49. The lowest BCUT2D eigenvalue weighted by Crippen LogP contribution is -2.72.